The number of thiazole rings is 1. The van der Waals surface area contributed by atoms with Gasteiger partial charge in [-0.3, -0.25) is 0 Å². The lowest BCUT2D eigenvalue weighted by Gasteiger charge is -2.29. The Morgan fingerprint density at radius 2 is 2.03 bits per heavy atom. The molecular weight excluding hydrogens is 529 g/mol. The van der Waals surface area contributed by atoms with Crippen molar-refractivity contribution in [2.24, 2.45) is 10.7 Å². The van der Waals surface area contributed by atoms with Gasteiger partial charge in [0.05, 0.1) is 39.2 Å². The maximum absolute atomic E-state index is 6.37. The largest absolute Gasteiger partial charge is 0.493 e. The lowest BCUT2D eigenvalue weighted by atomic mass is 9.98. The fourth-order valence-electron chi connectivity index (χ4n) is 4.25. The molecule has 7 nitrogen and oxygen atoms in total. The van der Waals surface area contributed by atoms with Crippen LogP contribution in [0.4, 0.5) is 11.4 Å². The number of ether oxygens (including phenoxy) is 2. The zero-order chi connectivity index (χ0) is 26.4. The summed E-state index contributed by atoms with van der Waals surface area (Å²) in [7, 11) is 1.59. The monoisotopic (exact) mass is 559 g/mol. The van der Waals surface area contributed by atoms with Crippen LogP contribution in [-0.4, -0.2) is 42.5 Å². The predicted octanol–water partition coefficient (Wildman–Crippen LogP) is 6.83. The lowest BCUT2D eigenvalue weighted by molar-refractivity contribution is 0.222. The predicted molar refractivity (Wildman–Crippen MR) is 154 cm³/mol. The van der Waals surface area contributed by atoms with E-state index < -0.39 is 0 Å². The molecule has 0 saturated carbocycles. The summed E-state index contributed by atoms with van der Waals surface area (Å²) in [4.78, 5) is 11.8. The Kier molecular flexibility index (Phi) is 9.32. The van der Waals surface area contributed by atoms with Gasteiger partial charge in [-0.1, -0.05) is 36.7 Å². The zero-order valence-corrected chi connectivity index (χ0v) is 23.3. The molecule has 2 heterocycles. The van der Waals surface area contributed by atoms with Crippen molar-refractivity contribution in [3.63, 3.8) is 0 Å². The van der Waals surface area contributed by atoms with Crippen LogP contribution in [0.15, 0.2) is 53.5 Å². The fourth-order valence-corrected chi connectivity index (χ4v) is 5.52. The number of halogens is 2. The highest BCUT2D eigenvalue weighted by atomic mass is 35.5. The second kappa shape index (κ2) is 12.6. The summed E-state index contributed by atoms with van der Waals surface area (Å²) >= 11 is 13.9. The van der Waals surface area contributed by atoms with E-state index in [1.165, 1.54) is 5.01 Å². The molecule has 3 N–H and O–H groups in total. The normalized spacial score (nSPS) is 15.0. The first-order chi connectivity index (χ1) is 17.9. The van der Waals surface area contributed by atoms with Crippen LogP contribution >= 0.6 is 34.5 Å². The minimum absolute atomic E-state index is 0.269. The molecule has 0 spiro atoms. The molecule has 0 bridgehead atoms. The van der Waals surface area contributed by atoms with E-state index in [0.29, 0.717) is 51.0 Å². The number of nitrogens with two attached hydrogens (primary N) is 1. The molecule has 2 aromatic carbocycles. The third-order valence-electron chi connectivity index (χ3n) is 6.32. The highest BCUT2D eigenvalue weighted by Gasteiger charge is 2.22. The third-order valence-corrected chi connectivity index (χ3v) is 8.11. The first-order valence-electron chi connectivity index (χ1n) is 12.1. The number of aliphatic imine (C=N–C) groups is 1. The van der Waals surface area contributed by atoms with Crippen LogP contribution in [-0.2, 0) is 6.61 Å². The molecule has 196 valence electrons. The number of piperidine rings is 1. The van der Waals surface area contributed by atoms with Crippen molar-refractivity contribution in [3.8, 4) is 11.5 Å². The van der Waals surface area contributed by atoms with Gasteiger partial charge in [0, 0.05) is 22.9 Å². The number of hydrogen-bond acceptors (Lipinski definition) is 7. The van der Waals surface area contributed by atoms with Gasteiger partial charge in [0.15, 0.2) is 11.5 Å². The average molecular weight is 561 g/mol. The Balaban J connectivity index is 1.52. The topological polar surface area (TPSA) is 85.0 Å². The number of nitrogens with zero attached hydrogens (tertiary/aromatic N) is 3. The van der Waals surface area contributed by atoms with Crippen LogP contribution in [0.3, 0.4) is 0 Å². The van der Waals surface area contributed by atoms with Gasteiger partial charge in [0.1, 0.15) is 12.4 Å². The van der Waals surface area contributed by atoms with Gasteiger partial charge < -0.3 is 25.4 Å². The Bertz CT molecular complexity index is 1270. The Hall–Kier alpha value is -2.78. The first kappa shape index (κ1) is 27.3. The molecule has 1 saturated heterocycles. The molecule has 1 aliphatic rings. The summed E-state index contributed by atoms with van der Waals surface area (Å²) in [6, 6.07) is 8.67. The summed E-state index contributed by atoms with van der Waals surface area (Å²) in [6.07, 6.45) is 3.87. The Morgan fingerprint density at radius 3 is 2.70 bits per heavy atom. The average Bonchev–Trinajstić information content (AvgIpc) is 3.39. The molecule has 0 aliphatic carbocycles. The van der Waals surface area contributed by atoms with Gasteiger partial charge >= 0.3 is 0 Å². The number of benzene rings is 2. The van der Waals surface area contributed by atoms with Crippen molar-refractivity contribution in [1.82, 2.24) is 9.88 Å². The second-order valence-corrected chi connectivity index (χ2v) is 10.4. The number of rotatable bonds is 10. The van der Waals surface area contributed by atoms with Gasteiger partial charge in [-0.2, -0.15) is 0 Å². The van der Waals surface area contributed by atoms with Crippen LogP contribution in [0.25, 0.3) is 0 Å². The maximum Gasteiger partial charge on any atom is 0.163 e. The summed E-state index contributed by atoms with van der Waals surface area (Å²) in [6.45, 7) is 9.70. The van der Waals surface area contributed by atoms with Crippen molar-refractivity contribution in [3.05, 3.63) is 74.8 Å². The van der Waals surface area contributed by atoms with E-state index in [4.69, 9.17) is 43.4 Å². The minimum Gasteiger partial charge on any atom is -0.493 e. The van der Waals surface area contributed by atoms with Crippen LogP contribution < -0.4 is 20.5 Å². The van der Waals surface area contributed by atoms with Crippen molar-refractivity contribution in [2.45, 2.75) is 32.3 Å². The standard InChI is InChI=1S/C27H31Cl2N5O2S/c1-4-31-23-14-25(36-15-19-16-37-27(33-19)17-8-10-34(5-2)11-9-17)24(35-3)13-20(23)26(30)32-18-6-7-21(28)22(29)12-18/h4,6-7,12-14,16-17,31H,1,5,8-11,15H2,2-3H3,(H2,30,32). The number of nitrogens with one attached hydrogen (secondary N) is 1. The number of anilines is 1. The van der Waals surface area contributed by atoms with Crippen molar-refractivity contribution in [1.29, 1.82) is 0 Å². The van der Waals surface area contributed by atoms with Crippen molar-refractivity contribution in [2.75, 3.05) is 32.1 Å². The van der Waals surface area contributed by atoms with E-state index in [-0.39, 0.29) is 5.84 Å². The number of amidine groups is 1. The number of methoxy groups -OCH3 is 1. The fraction of sp³-hybridized carbons (Fsp3) is 0.333. The second-order valence-electron chi connectivity index (χ2n) is 8.67. The van der Waals surface area contributed by atoms with Gasteiger partial charge in [0.25, 0.3) is 0 Å². The van der Waals surface area contributed by atoms with E-state index in [1.54, 1.807) is 48.9 Å². The molecule has 0 unspecified atom stereocenters. The Morgan fingerprint density at radius 1 is 1.24 bits per heavy atom. The molecule has 1 aromatic heterocycles. The molecule has 1 fully saturated rings. The van der Waals surface area contributed by atoms with E-state index >= 15 is 0 Å². The van der Waals surface area contributed by atoms with E-state index in [2.05, 4.69) is 34.1 Å². The maximum atomic E-state index is 6.37. The van der Waals surface area contributed by atoms with Crippen LogP contribution in [0, 0.1) is 0 Å². The molecule has 37 heavy (non-hydrogen) atoms. The molecule has 10 heteroatoms. The molecular formula is C27H31Cl2N5O2S. The molecule has 0 radical (unpaired) electrons. The summed E-state index contributed by atoms with van der Waals surface area (Å²) in [5, 5.41) is 7.23. The Labute approximate surface area is 231 Å². The van der Waals surface area contributed by atoms with Gasteiger partial charge in [-0.05, 0) is 62.9 Å². The summed E-state index contributed by atoms with van der Waals surface area (Å²) in [5.74, 6) is 1.88. The van der Waals surface area contributed by atoms with Gasteiger partial charge in [0.2, 0.25) is 0 Å². The van der Waals surface area contributed by atoms with Crippen molar-refractivity contribution >= 4 is 51.7 Å². The SMILES string of the molecule is C=CNc1cc(OCc2csc(C3CCN(CC)CC3)n2)c(OC)cc1C(N)=Nc1ccc(Cl)c(Cl)c1. The van der Waals surface area contributed by atoms with Crippen LogP contribution in [0.1, 0.15) is 41.9 Å². The zero-order valence-electron chi connectivity index (χ0n) is 21.0. The minimum atomic E-state index is 0.269. The van der Waals surface area contributed by atoms with E-state index in [1.807, 2.05) is 6.07 Å². The highest BCUT2D eigenvalue weighted by Crippen LogP contribution is 2.36. The summed E-state index contributed by atoms with van der Waals surface area (Å²) < 4.78 is 11.8. The lowest BCUT2D eigenvalue weighted by Crippen LogP contribution is -2.32. The number of likely N-dealkylation sites (tertiary alicyclic amines) is 1. The molecule has 0 amide bonds. The smallest absolute Gasteiger partial charge is 0.163 e. The molecule has 1 aliphatic heterocycles. The van der Waals surface area contributed by atoms with E-state index in [9.17, 15) is 0 Å². The van der Waals surface area contributed by atoms with E-state index in [0.717, 1.165) is 38.2 Å². The number of aromatic nitrogens is 1. The quantitative estimate of drug-likeness (QED) is 0.209. The molecule has 0 atom stereocenters. The third kappa shape index (κ3) is 6.76. The molecule has 3 aromatic rings. The highest BCUT2D eigenvalue weighted by molar-refractivity contribution is 7.09. The number of hydrogen-bond donors (Lipinski definition) is 2. The van der Waals surface area contributed by atoms with Crippen LogP contribution in [0.2, 0.25) is 10.0 Å². The van der Waals surface area contributed by atoms with Gasteiger partial charge in [-0.15, -0.1) is 11.3 Å². The van der Waals surface area contributed by atoms with Gasteiger partial charge in [-0.25, -0.2) is 9.98 Å². The first-order valence-corrected chi connectivity index (χ1v) is 13.7. The summed E-state index contributed by atoms with van der Waals surface area (Å²) in [5.41, 5.74) is 9.16. The molecule has 4 rings (SSSR count). The van der Waals surface area contributed by atoms with Crippen LogP contribution in [0.5, 0.6) is 11.5 Å². The van der Waals surface area contributed by atoms with Crippen molar-refractivity contribution < 1.29 is 9.47 Å².